The Bertz CT molecular complexity index is 439. The molecule has 0 bridgehead atoms. The van der Waals surface area contributed by atoms with Gasteiger partial charge in [0, 0.05) is 6.54 Å². The highest BCUT2D eigenvalue weighted by Crippen LogP contribution is 2.27. The van der Waals surface area contributed by atoms with Crippen LogP contribution in [0.15, 0.2) is 12.3 Å². The SMILES string of the molecule is O=C(O)c1cc(F)cnc1N1CCCC1CO. The zero-order chi connectivity index (χ0) is 12.4. The minimum absolute atomic E-state index is 0.0574. The summed E-state index contributed by atoms with van der Waals surface area (Å²) in [6.07, 6.45) is 2.65. The molecule has 0 aromatic carbocycles. The fraction of sp³-hybridized carbons (Fsp3) is 0.455. The normalized spacial score (nSPS) is 19.6. The van der Waals surface area contributed by atoms with Gasteiger partial charge in [-0.3, -0.25) is 0 Å². The molecule has 1 saturated heterocycles. The van der Waals surface area contributed by atoms with Crippen molar-refractivity contribution < 1.29 is 19.4 Å². The van der Waals surface area contributed by atoms with E-state index in [-0.39, 0.29) is 24.0 Å². The minimum atomic E-state index is -1.21. The van der Waals surface area contributed by atoms with Gasteiger partial charge < -0.3 is 15.1 Å². The fourth-order valence-corrected chi connectivity index (χ4v) is 2.12. The molecule has 1 aromatic rings. The summed E-state index contributed by atoms with van der Waals surface area (Å²) in [5.74, 6) is -1.66. The van der Waals surface area contributed by atoms with Crippen LogP contribution in [0.1, 0.15) is 23.2 Å². The van der Waals surface area contributed by atoms with Crippen LogP contribution < -0.4 is 4.90 Å². The molecule has 1 unspecified atom stereocenters. The van der Waals surface area contributed by atoms with E-state index in [9.17, 15) is 14.3 Å². The van der Waals surface area contributed by atoms with Crippen molar-refractivity contribution in [1.29, 1.82) is 0 Å². The molecule has 6 heteroatoms. The Morgan fingerprint density at radius 3 is 3.06 bits per heavy atom. The van der Waals surface area contributed by atoms with Crippen LogP contribution in [0, 0.1) is 5.82 Å². The molecular weight excluding hydrogens is 227 g/mol. The highest BCUT2D eigenvalue weighted by Gasteiger charge is 2.28. The average Bonchev–Trinajstić information content (AvgIpc) is 2.76. The largest absolute Gasteiger partial charge is 0.478 e. The van der Waals surface area contributed by atoms with Gasteiger partial charge in [-0.25, -0.2) is 14.2 Å². The fourth-order valence-electron chi connectivity index (χ4n) is 2.12. The molecule has 0 amide bonds. The molecule has 1 aromatic heterocycles. The predicted molar refractivity (Wildman–Crippen MR) is 58.6 cm³/mol. The summed E-state index contributed by atoms with van der Waals surface area (Å²) in [5, 5.41) is 18.2. The molecule has 0 radical (unpaired) electrons. The van der Waals surface area contributed by atoms with Crippen molar-refractivity contribution in [3.8, 4) is 0 Å². The molecule has 2 rings (SSSR count). The molecule has 1 atom stereocenters. The molecule has 0 saturated carbocycles. The van der Waals surface area contributed by atoms with Crippen molar-refractivity contribution >= 4 is 11.8 Å². The first-order valence-corrected chi connectivity index (χ1v) is 5.40. The third-order valence-corrected chi connectivity index (χ3v) is 2.92. The van der Waals surface area contributed by atoms with E-state index in [0.717, 1.165) is 25.1 Å². The monoisotopic (exact) mass is 240 g/mol. The lowest BCUT2D eigenvalue weighted by molar-refractivity contribution is 0.0696. The number of rotatable bonds is 3. The Kier molecular flexibility index (Phi) is 3.23. The van der Waals surface area contributed by atoms with Crippen LogP contribution in [-0.2, 0) is 0 Å². The summed E-state index contributed by atoms with van der Waals surface area (Å²) >= 11 is 0. The number of aliphatic hydroxyl groups is 1. The minimum Gasteiger partial charge on any atom is -0.478 e. The molecule has 0 aliphatic carbocycles. The van der Waals surface area contributed by atoms with Gasteiger partial charge in [-0.05, 0) is 18.9 Å². The molecule has 1 fully saturated rings. The van der Waals surface area contributed by atoms with Crippen LogP contribution in [-0.4, -0.2) is 40.4 Å². The third-order valence-electron chi connectivity index (χ3n) is 2.92. The van der Waals surface area contributed by atoms with Crippen LogP contribution in [0.3, 0.4) is 0 Å². The predicted octanol–water partition coefficient (Wildman–Crippen LogP) is 0.880. The molecule has 1 aliphatic heterocycles. The maximum atomic E-state index is 13.0. The van der Waals surface area contributed by atoms with E-state index in [2.05, 4.69) is 4.98 Å². The number of carbonyl (C=O) groups is 1. The summed E-state index contributed by atoms with van der Waals surface area (Å²) in [5.41, 5.74) is -0.162. The average molecular weight is 240 g/mol. The lowest BCUT2D eigenvalue weighted by Gasteiger charge is -2.25. The van der Waals surface area contributed by atoms with Crippen LogP contribution in [0.4, 0.5) is 10.2 Å². The first-order valence-electron chi connectivity index (χ1n) is 5.40. The van der Waals surface area contributed by atoms with E-state index in [0.29, 0.717) is 6.54 Å². The summed E-state index contributed by atoms with van der Waals surface area (Å²) < 4.78 is 13.0. The second-order valence-electron chi connectivity index (χ2n) is 4.00. The van der Waals surface area contributed by atoms with Gasteiger partial charge in [0.2, 0.25) is 0 Å². The van der Waals surface area contributed by atoms with Crippen molar-refractivity contribution in [2.45, 2.75) is 18.9 Å². The highest BCUT2D eigenvalue weighted by molar-refractivity contribution is 5.93. The lowest BCUT2D eigenvalue weighted by Crippen LogP contribution is -2.34. The van der Waals surface area contributed by atoms with Gasteiger partial charge in [-0.15, -0.1) is 0 Å². The van der Waals surface area contributed by atoms with Gasteiger partial charge >= 0.3 is 5.97 Å². The van der Waals surface area contributed by atoms with Crippen LogP contribution in [0.2, 0.25) is 0 Å². The molecule has 0 spiro atoms. The second kappa shape index (κ2) is 4.67. The topological polar surface area (TPSA) is 73.7 Å². The van der Waals surface area contributed by atoms with Crippen LogP contribution in [0.25, 0.3) is 0 Å². The number of halogens is 1. The number of carboxylic acids is 1. The molecule has 2 heterocycles. The smallest absolute Gasteiger partial charge is 0.339 e. The van der Waals surface area contributed by atoms with E-state index >= 15 is 0 Å². The maximum absolute atomic E-state index is 13.0. The van der Waals surface area contributed by atoms with Crippen molar-refractivity contribution in [1.82, 2.24) is 4.98 Å². The number of hydrogen-bond acceptors (Lipinski definition) is 4. The molecule has 92 valence electrons. The van der Waals surface area contributed by atoms with Crippen molar-refractivity contribution in [2.75, 3.05) is 18.1 Å². The first-order chi connectivity index (χ1) is 8.13. The Morgan fingerprint density at radius 1 is 1.65 bits per heavy atom. The summed E-state index contributed by atoms with van der Waals surface area (Å²) in [7, 11) is 0. The van der Waals surface area contributed by atoms with Gasteiger partial charge in [0.25, 0.3) is 0 Å². The summed E-state index contributed by atoms with van der Waals surface area (Å²) in [6.45, 7) is 0.572. The summed E-state index contributed by atoms with van der Waals surface area (Å²) in [6, 6.07) is 0.822. The van der Waals surface area contributed by atoms with E-state index < -0.39 is 11.8 Å². The number of anilines is 1. The molecule has 2 N–H and O–H groups in total. The zero-order valence-corrected chi connectivity index (χ0v) is 9.14. The number of aliphatic hydroxyl groups excluding tert-OH is 1. The number of hydrogen-bond donors (Lipinski definition) is 2. The number of nitrogens with zero attached hydrogens (tertiary/aromatic N) is 2. The summed E-state index contributed by atoms with van der Waals surface area (Å²) in [4.78, 5) is 16.6. The van der Waals surface area contributed by atoms with Crippen LogP contribution in [0.5, 0.6) is 0 Å². The van der Waals surface area contributed by atoms with Gasteiger partial charge in [-0.2, -0.15) is 0 Å². The van der Waals surface area contributed by atoms with Crippen LogP contribution >= 0.6 is 0 Å². The lowest BCUT2D eigenvalue weighted by atomic mass is 10.2. The Hall–Kier alpha value is -1.69. The molecular formula is C11H13FN2O3. The highest BCUT2D eigenvalue weighted by atomic mass is 19.1. The van der Waals surface area contributed by atoms with E-state index in [1.165, 1.54) is 0 Å². The zero-order valence-electron chi connectivity index (χ0n) is 9.14. The maximum Gasteiger partial charge on any atom is 0.339 e. The second-order valence-corrected chi connectivity index (χ2v) is 4.00. The number of aromatic carboxylic acids is 1. The van der Waals surface area contributed by atoms with E-state index in [4.69, 9.17) is 5.11 Å². The van der Waals surface area contributed by atoms with Gasteiger partial charge in [-0.1, -0.05) is 0 Å². The first kappa shape index (κ1) is 11.8. The van der Waals surface area contributed by atoms with E-state index in [1.807, 2.05) is 0 Å². The Morgan fingerprint density at radius 2 is 2.41 bits per heavy atom. The van der Waals surface area contributed by atoms with Gasteiger partial charge in [0.15, 0.2) is 0 Å². The van der Waals surface area contributed by atoms with E-state index in [1.54, 1.807) is 4.90 Å². The standard InChI is InChI=1S/C11H13FN2O3/c12-7-4-9(11(16)17)10(13-5-7)14-3-1-2-8(14)6-15/h4-5,8,15H,1-3,6H2,(H,16,17). The number of pyridine rings is 1. The third kappa shape index (κ3) is 2.21. The van der Waals surface area contributed by atoms with Crippen molar-refractivity contribution in [3.63, 3.8) is 0 Å². The van der Waals surface area contributed by atoms with Crippen molar-refractivity contribution in [2.24, 2.45) is 0 Å². The quantitative estimate of drug-likeness (QED) is 0.820. The van der Waals surface area contributed by atoms with Crippen molar-refractivity contribution in [3.05, 3.63) is 23.6 Å². The van der Waals surface area contributed by atoms with Gasteiger partial charge in [0.1, 0.15) is 17.2 Å². The molecule has 1 aliphatic rings. The Balaban J connectivity index is 2.40. The Labute approximate surface area is 97.5 Å². The number of aromatic nitrogens is 1. The molecule has 17 heavy (non-hydrogen) atoms. The molecule has 5 nitrogen and oxygen atoms in total. The van der Waals surface area contributed by atoms with Gasteiger partial charge in [0.05, 0.1) is 18.8 Å². The number of carboxylic acid groups (broad SMARTS) is 1.